The number of rotatable bonds is 13. The third-order valence-electron chi connectivity index (χ3n) is 7.40. The van der Waals surface area contributed by atoms with Crippen LogP contribution in [-0.4, -0.2) is 67.7 Å². The Hall–Kier alpha value is -3.97. The Morgan fingerprint density at radius 3 is 2.26 bits per heavy atom. The van der Waals surface area contributed by atoms with Crippen LogP contribution in [0.25, 0.3) is 0 Å². The number of nitrogens with one attached hydrogen (secondary N) is 3. The van der Waals surface area contributed by atoms with E-state index in [1.165, 1.54) is 6.33 Å². The maximum atomic E-state index is 13.2. The number of carbonyl (C=O) groups excluding carboxylic acids is 4. The average Bonchev–Trinajstić information content (AvgIpc) is 3.66. The lowest BCUT2D eigenvalue weighted by Gasteiger charge is -2.24. The summed E-state index contributed by atoms with van der Waals surface area (Å²) in [6.45, 7) is 4.04. The van der Waals surface area contributed by atoms with Crippen molar-refractivity contribution < 1.29 is 24.7 Å². The van der Waals surface area contributed by atoms with Crippen molar-refractivity contribution in [3.63, 3.8) is 0 Å². The van der Waals surface area contributed by atoms with Crippen LogP contribution in [0.5, 0.6) is 0 Å². The van der Waals surface area contributed by atoms with Crippen LogP contribution in [0.4, 0.5) is 5.82 Å². The lowest BCUT2D eigenvalue weighted by Crippen LogP contribution is -2.54. The smallest absolute Gasteiger partial charge is 0.248 e. The van der Waals surface area contributed by atoms with E-state index in [0.717, 1.165) is 24.0 Å². The number of nitrogens with two attached hydrogens (primary N) is 1. The number of imidazole rings is 1. The molecule has 0 aliphatic carbocycles. The largest absolute Gasteiger partial charge is 0.412 e. The summed E-state index contributed by atoms with van der Waals surface area (Å²) < 4.78 is 1.57. The summed E-state index contributed by atoms with van der Waals surface area (Å²) in [5, 5.41) is 8.46. The summed E-state index contributed by atoms with van der Waals surface area (Å²) in [5.41, 5.74) is 6.94. The quantitative estimate of drug-likeness (QED) is 0.215. The minimum absolute atomic E-state index is 0. The van der Waals surface area contributed by atoms with Crippen molar-refractivity contribution in [3.8, 4) is 0 Å². The van der Waals surface area contributed by atoms with Gasteiger partial charge in [0, 0.05) is 19.3 Å². The minimum atomic E-state index is -1.15. The number of anilines is 1. The van der Waals surface area contributed by atoms with E-state index in [-0.39, 0.29) is 54.5 Å². The number of carbonyl (C=O) groups is 4. The predicted octanol–water partition coefficient (Wildman–Crippen LogP) is 2.39. The third kappa shape index (κ3) is 11.8. The Kier molecular flexibility index (Phi) is 16.4. The van der Waals surface area contributed by atoms with Gasteiger partial charge in [0.2, 0.25) is 23.6 Å². The number of aryl methyl sites for hydroxylation is 1. The number of amides is 4. The molecule has 0 spiro atoms. The van der Waals surface area contributed by atoms with Crippen molar-refractivity contribution in [3.05, 3.63) is 84.3 Å². The van der Waals surface area contributed by atoms with Gasteiger partial charge >= 0.3 is 0 Å². The molecule has 4 rings (SSSR count). The SMILES string of the molecule is CC(C)(N)C(=O)N[C@H](CCCc1ccccc1)C(=O)Nc1cn(CC(=O)N2CCC[C@H]2C(=O)NCc2ccccc2)cn1.Cl.Cl.O. The molecule has 1 aromatic heterocycles. The van der Waals surface area contributed by atoms with Gasteiger partial charge in [-0.1, -0.05) is 60.7 Å². The normalized spacial score (nSPS) is 14.5. The molecule has 0 radical (unpaired) electrons. The number of nitrogens with zero attached hydrogens (tertiary/aromatic N) is 3. The lowest BCUT2D eigenvalue weighted by molar-refractivity contribution is -0.139. The molecule has 14 heteroatoms. The number of benzene rings is 2. The Balaban J connectivity index is 0.00000353. The van der Waals surface area contributed by atoms with Gasteiger partial charge in [-0.3, -0.25) is 19.2 Å². The summed E-state index contributed by atoms with van der Waals surface area (Å²) in [5.74, 6) is -0.975. The van der Waals surface area contributed by atoms with E-state index in [9.17, 15) is 19.2 Å². The maximum absolute atomic E-state index is 13.2. The molecular weight excluding hydrogens is 633 g/mol. The monoisotopic (exact) mass is 677 g/mol. The van der Waals surface area contributed by atoms with Gasteiger partial charge in [0.15, 0.2) is 5.82 Å². The van der Waals surface area contributed by atoms with Crippen LogP contribution in [0.1, 0.15) is 50.7 Å². The number of likely N-dealkylation sites (tertiary alicyclic amines) is 1. The first-order valence-electron chi connectivity index (χ1n) is 14.7. The first kappa shape index (κ1) is 40.1. The topological polar surface area (TPSA) is 183 Å². The fourth-order valence-electron chi connectivity index (χ4n) is 4.98. The fourth-order valence-corrected chi connectivity index (χ4v) is 4.98. The molecule has 1 saturated heterocycles. The molecule has 12 nitrogen and oxygen atoms in total. The summed E-state index contributed by atoms with van der Waals surface area (Å²) in [6, 6.07) is 18.2. The van der Waals surface area contributed by atoms with Crippen LogP contribution in [0.2, 0.25) is 0 Å². The highest BCUT2D eigenvalue weighted by Gasteiger charge is 2.34. The van der Waals surface area contributed by atoms with Crippen LogP contribution in [0.15, 0.2) is 73.2 Å². The number of halogens is 2. The second-order valence-electron chi connectivity index (χ2n) is 11.5. The molecule has 1 aliphatic heterocycles. The summed E-state index contributed by atoms with van der Waals surface area (Å²) in [7, 11) is 0. The van der Waals surface area contributed by atoms with Crippen molar-refractivity contribution in [1.29, 1.82) is 0 Å². The molecule has 46 heavy (non-hydrogen) atoms. The molecule has 252 valence electrons. The van der Waals surface area contributed by atoms with E-state index in [1.54, 1.807) is 29.5 Å². The van der Waals surface area contributed by atoms with E-state index in [1.807, 2.05) is 60.7 Å². The van der Waals surface area contributed by atoms with E-state index in [0.29, 0.717) is 32.4 Å². The second kappa shape index (κ2) is 18.9. The van der Waals surface area contributed by atoms with Crippen molar-refractivity contribution >= 4 is 54.3 Å². The summed E-state index contributed by atoms with van der Waals surface area (Å²) in [4.78, 5) is 57.6. The first-order chi connectivity index (χ1) is 20.6. The average molecular weight is 679 g/mol. The molecule has 2 atom stereocenters. The maximum Gasteiger partial charge on any atom is 0.248 e. The fraction of sp³-hybridized carbons (Fsp3) is 0.406. The zero-order valence-corrected chi connectivity index (χ0v) is 27.7. The molecule has 2 aromatic carbocycles. The Morgan fingerprint density at radius 1 is 1.00 bits per heavy atom. The van der Waals surface area contributed by atoms with Gasteiger partial charge in [0.05, 0.1) is 11.9 Å². The van der Waals surface area contributed by atoms with Crippen molar-refractivity contribution in [2.75, 3.05) is 11.9 Å². The molecular formula is C32H45Cl2N7O5. The minimum Gasteiger partial charge on any atom is -0.412 e. The van der Waals surface area contributed by atoms with E-state index in [2.05, 4.69) is 20.9 Å². The predicted molar refractivity (Wildman–Crippen MR) is 182 cm³/mol. The van der Waals surface area contributed by atoms with Crippen LogP contribution in [0.3, 0.4) is 0 Å². The molecule has 0 bridgehead atoms. The standard InChI is InChI=1S/C32H41N7O4.2ClH.H2O/c1-32(2,33)31(43)36-25(16-9-15-23-11-5-3-6-12-23)29(41)37-27-20-38(22-35-27)21-28(40)39-18-10-17-26(39)30(42)34-19-24-13-7-4-8-14-24;;;/h3-8,11-14,20,22,25-26H,9-10,15-19,21,33H2,1-2H3,(H,34,42)(H,36,43)(H,37,41);2*1H;1H2/t25-,26+;;;/m1.../s1. The van der Waals surface area contributed by atoms with E-state index >= 15 is 0 Å². The molecule has 1 fully saturated rings. The Morgan fingerprint density at radius 2 is 1.63 bits per heavy atom. The molecule has 7 N–H and O–H groups in total. The van der Waals surface area contributed by atoms with Crippen LogP contribution >= 0.6 is 24.8 Å². The highest BCUT2D eigenvalue weighted by molar-refractivity contribution is 5.98. The zero-order chi connectivity index (χ0) is 30.8. The van der Waals surface area contributed by atoms with Crippen LogP contribution < -0.4 is 21.7 Å². The van der Waals surface area contributed by atoms with Crippen LogP contribution in [0, 0.1) is 0 Å². The number of aromatic nitrogens is 2. The highest BCUT2D eigenvalue weighted by Crippen LogP contribution is 2.19. The van der Waals surface area contributed by atoms with Gasteiger partial charge in [-0.15, -0.1) is 24.8 Å². The van der Waals surface area contributed by atoms with Crippen molar-refractivity contribution in [1.82, 2.24) is 25.1 Å². The molecule has 2 heterocycles. The molecule has 1 aliphatic rings. The number of hydrogen-bond acceptors (Lipinski definition) is 6. The molecule has 0 saturated carbocycles. The molecule has 0 unspecified atom stereocenters. The molecule has 3 aromatic rings. The Labute approximate surface area is 282 Å². The first-order valence-corrected chi connectivity index (χ1v) is 14.7. The lowest BCUT2D eigenvalue weighted by atomic mass is 10.0. The van der Waals surface area contributed by atoms with Crippen molar-refractivity contribution in [2.24, 2.45) is 5.73 Å². The van der Waals surface area contributed by atoms with Crippen LogP contribution in [-0.2, 0) is 38.7 Å². The Bertz CT molecular complexity index is 1400. The highest BCUT2D eigenvalue weighted by atomic mass is 35.5. The third-order valence-corrected chi connectivity index (χ3v) is 7.40. The van der Waals surface area contributed by atoms with E-state index < -0.39 is 29.4 Å². The van der Waals surface area contributed by atoms with E-state index in [4.69, 9.17) is 5.73 Å². The van der Waals surface area contributed by atoms with Gasteiger partial charge in [0.1, 0.15) is 18.6 Å². The molecule has 4 amide bonds. The van der Waals surface area contributed by atoms with Gasteiger partial charge < -0.3 is 36.6 Å². The summed E-state index contributed by atoms with van der Waals surface area (Å²) in [6.07, 6.45) is 6.21. The summed E-state index contributed by atoms with van der Waals surface area (Å²) >= 11 is 0. The number of hydrogen-bond donors (Lipinski definition) is 4. The van der Waals surface area contributed by atoms with Crippen molar-refractivity contribution in [2.45, 2.75) is 76.7 Å². The van der Waals surface area contributed by atoms with Gasteiger partial charge in [-0.05, 0) is 57.1 Å². The zero-order valence-electron chi connectivity index (χ0n) is 26.1. The van der Waals surface area contributed by atoms with Gasteiger partial charge in [-0.25, -0.2) is 4.98 Å². The van der Waals surface area contributed by atoms with Gasteiger partial charge in [-0.2, -0.15) is 0 Å². The van der Waals surface area contributed by atoms with Gasteiger partial charge in [0.25, 0.3) is 0 Å². The second-order valence-corrected chi connectivity index (χ2v) is 11.5.